The summed E-state index contributed by atoms with van der Waals surface area (Å²) >= 11 is 6.11. The maximum atomic E-state index is 12.2. The Hall–Kier alpha value is -2.92. The third-order valence-corrected chi connectivity index (χ3v) is 4.13. The molecule has 0 saturated heterocycles. The lowest BCUT2D eigenvalue weighted by Crippen LogP contribution is -2.20. The summed E-state index contributed by atoms with van der Waals surface area (Å²) < 4.78 is 16.0. The van der Waals surface area contributed by atoms with Gasteiger partial charge in [-0.1, -0.05) is 41.9 Å². The summed E-state index contributed by atoms with van der Waals surface area (Å²) in [6.07, 6.45) is 0. The number of methoxy groups -OCH3 is 2. The average Bonchev–Trinajstić information content (AvgIpc) is 2.66. The quantitative estimate of drug-likeness (QED) is 0.691. The van der Waals surface area contributed by atoms with Crippen molar-refractivity contribution in [2.45, 2.75) is 0 Å². The zero-order chi connectivity index (χ0) is 18.5. The molecule has 0 bridgehead atoms. The van der Waals surface area contributed by atoms with Gasteiger partial charge >= 0.3 is 0 Å². The standard InChI is InChI=1S/C20H18ClNO4/c1-24-18-11-19(25-2)17(10-16(18)21)22-20(23)12-26-15-8-7-13-5-3-4-6-14(13)9-15/h3-11H,12H2,1-2H3,(H,22,23). The van der Waals surface area contributed by atoms with Crippen molar-refractivity contribution in [3.05, 3.63) is 59.6 Å². The zero-order valence-electron chi connectivity index (χ0n) is 14.4. The van der Waals surface area contributed by atoms with Crippen LogP contribution in [-0.2, 0) is 4.79 Å². The van der Waals surface area contributed by atoms with Gasteiger partial charge < -0.3 is 19.5 Å². The second-order valence-corrected chi connectivity index (χ2v) is 5.94. The van der Waals surface area contributed by atoms with E-state index in [1.807, 2.05) is 42.5 Å². The van der Waals surface area contributed by atoms with Crippen molar-refractivity contribution < 1.29 is 19.0 Å². The van der Waals surface area contributed by atoms with Crippen molar-refractivity contribution >= 4 is 34.0 Å². The highest BCUT2D eigenvalue weighted by Crippen LogP contribution is 2.35. The molecule has 1 N–H and O–H groups in total. The molecule has 0 radical (unpaired) electrons. The summed E-state index contributed by atoms with van der Waals surface area (Å²) in [5.41, 5.74) is 0.449. The van der Waals surface area contributed by atoms with Crippen LogP contribution in [0.5, 0.6) is 17.2 Å². The highest BCUT2D eigenvalue weighted by molar-refractivity contribution is 6.32. The predicted molar refractivity (Wildman–Crippen MR) is 103 cm³/mol. The molecule has 0 fully saturated rings. The molecule has 0 aliphatic rings. The Balaban J connectivity index is 1.67. The number of hydrogen-bond acceptors (Lipinski definition) is 4. The smallest absolute Gasteiger partial charge is 0.262 e. The molecule has 0 saturated carbocycles. The average molecular weight is 372 g/mol. The number of ether oxygens (including phenoxy) is 3. The summed E-state index contributed by atoms with van der Waals surface area (Å²) in [6.45, 7) is -0.134. The van der Waals surface area contributed by atoms with E-state index in [1.165, 1.54) is 14.2 Å². The van der Waals surface area contributed by atoms with Gasteiger partial charge in [-0.3, -0.25) is 4.79 Å². The van der Waals surface area contributed by atoms with Crippen LogP contribution in [0.2, 0.25) is 5.02 Å². The molecule has 3 aromatic carbocycles. The third kappa shape index (κ3) is 4.00. The molecule has 0 heterocycles. The summed E-state index contributed by atoms with van der Waals surface area (Å²) in [7, 11) is 3.01. The molecule has 3 aromatic rings. The maximum Gasteiger partial charge on any atom is 0.262 e. The lowest BCUT2D eigenvalue weighted by Gasteiger charge is -2.13. The monoisotopic (exact) mass is 371 g/mol. The van der Waals surface area contributed by atoms with Crippen LogP contribution in [0.15, 0.2) is 54.6 Å². The second-order valence-electron chi connectivity index (χ2n) is 5.53. The number of carbonyl (C=O) groups is 1. The Morgan fingerprint density at radius 2 is 1.69 bits per heavy atom. The van der Waals surface area contributed by atoms with Crippen molar-refractivity contribution in [2.75, 3.05) is 26.1 Å². The van der Waals surface area contributed by atoms with Crippen LogP contribution in [0.3, 0.4) is 0 Å². The number of anilines is 1. The van der Waals surface area contributed by atoms with E-state index < -0.39 is 0 Å². The van der Waals surface area contributed by atoms with Crippen LogP contribution in [0.4, 0.5) is 5.69 Å². The van der Waals surface area contributed by atoms with Crippen LogP contribution in [0, 0.1) is 0 Å². The molecule has 3 rings (SSSR count). The van der Waals surface area contributed by atoms with Gasteiger partial charge in [-0.05, 0) is 29.0 Å². The Bertz CT molecular complexity index is 942. The molecule has 0 aromatic heterocycles. The fraction of sp³-hybridized carbons (Fsp3) is 0.150. The normalized spacial score (nSPS) is 10.4. The van der Waals surface area contributed by atoms with Gasteiger partial charge in [-0.25, -0.2) is 0 Å². The molecular formula is C20H18ClNO4. The number of nitrogens with one attached hydrogen (secondary N) is 1. The third-order valence-electron chi connectivity index (χ3n) is 3.84. The Labute approximate surface area is 156 Å². The number of benzene rings is 3. The molecule has 5 nitrogen and oxygen atoms in total. The number of fused-ring (bicyclic) bond motifs is 1. The number of amides is 1. The first-order valence-corrected chi connectivity index (χ1v) is 8.31. The molecule has 0 aliphatic heterocycles. The largest absolute Gasteiger partial charge is 0.495 e. The highest BCUT2D eigenvalue weighted by Gasteiger charge is 2.13. The first-order chi connectivity index (χ1) is 12.6. The van der Waals surface area contributed by atoms with E-state index in [-0.39, 0.29) is 12.5 Å². The van der Waals surface area contributed by atoms with Gasteiger partial charge in [0.15, 0.2) is 6.61 Å². The summed E-state index contributed by atoms with van der Waals surface area (Å²) in [6, 6.07) is 16.8. The van der Waals surface area contributed by atoms with E-state index in [0.717, 1.165) is 10.8 Å². The second kappa shape index (κ2) is 7.97. The topological polar surface area (TPSA) is 56.8 Å². The Kier molecular flexibility index (Phi) is 5.49. The van der Waals surface area contributed by atoms with Gasteiger partial charge in [0, 0.05) is 6.07 Å². The molecule has 0 unspecified atom stereocenters. The summed E-state index contributed by atoms with van der Waals surface area (Å²) in [5.74, 6) is 1.22. The van der Waals surface area contributed by atoms with Gasteiger partial charge in [-0.15, -0.1) is 0 Å². The van der Waals surface area contributed by atoms with E-state index in [9.17, 15) is 4.79 Å². The Morgan fingerprint density at radius 1 is 0.962 bits per heavy atom. The highest BCUT2D eigenvalue weighted by atomic mass is 35.5. The maximum absolute atomic E-state index is 12.2. The number of rotatable bonds is 6. The lowest BCUT2D eigenvalue weighted by atomic mass is 10.1. The SMILES string of the molecule is COc1cc(OC)c(NC(=O)COc2ccc3ccccc3c2)cc1Cl. The van der Waals surface area contributed by atoms with Gasteiger partial charge in [0.05, 0.1) is 24.9 Å². The predicted octanol–water partition coefficient (Wildman–Crippen LogP) is 4.53. The lowest BCUT2D eigenvalue weighted by molar-refractivity contribution is -0.118. The Morgan fingerprint density at radius 3 is 2.42 bits per heavy atom. The fourth-order valence-corrected chi connectivity index (χ4v) is 2.79. The number of halogens is 1. The van der Waals surface area contributed by atoms with E-state index in [2.05, 4.69) is 5.32 Å². The van der Waals surface area contributed by atoms with Crippen molar-refractivity contribution in [1.29, 1.82) is 0 Å². The summed E-state index contributed by atoms with van der Waals surface area (Å²) in [5, 5.41) is 5.27. The molecule has 6 heteroatoms. The van der Waals surface area contributed by atoms with E-state index in [4.69, 9.17) is 25.8 Å². The van der Waals surface area contributed by atoms with Gasteiger partial charge in [0.2, 0.25) is 0 Å². The van der Waals surface area contributed by atoms with E-state index in [0.29, 0.717) is 28.0 Å². The van der Waals surface area contributed by atoms with E-state index in [1.54, 1.807) is 12.1 Å². The first kappa shape index (κ1) is 17.9. The van der Waals surface area contributed by atoms with E-state index >= 15 is 0 Å². The molecule has 0 atom stereocenters. The van der Waals surface area contributed by atoms with Crippen LogP contribution in [-0.4, -0.2) is 26.7 Å². The minimum atomic E-state index is -0.322. The minimum Gasteiger partial charge on any atom is -0.495 e. The molecular weight excluding hydrogens is 354 g/mol. The number of hydrogen-bond donors (Lipinski definition) is 1. The molecule has 26 heavy (non-hydrogen) atoms. The van der Waals surface area contributed by atoms with Crippen LogP contribution >= 0.6 is 11.6 Å². The first-order valence-electron chi connectivity index (χ1n) is 7.93. The van der Waals surface area contributed by atoms with Crippen LogP contribution < -0.4 is 19.5 Å². The molecule has 134 valence electrons. The van der Waals surface area contributed by atoms with Crippen molar-refractivity contribution in [3.63, 3.8) is 0 Å². The molecule has 0 aliphatic carbocycles. The minimum absolute atomic E-state index is 0.134. The van der Waals surface area contributed by atoms with Gasteiger partial charge in [-0.2, -0.15) is 0 Å². The van der Waals surface area contributed by atoms with Crippen LogP contribution in [0.25, 0.3) is 10.8 Å². The summed E-state index contributed by atoms with van der Waals surface area (Å²) in [4.78, 5) is 12.2. The van der Waals surface area contributed by atoms with Gasteiger partial charge in [0.25, 0.3) is 5.91 Å². The zero-order valence-corrected chi connectivity index (χ0v) is 15.2. The van der Waals surface area contributed by atoms with Crippen molar-refractivity contribution in [3.8, 4) is 17.2 Å². The van der Waals surface area contributed by atoms with Gasteiger partial charge in [0.1, 0.15) is 17.2 Å². The number of carbonyl (C=O) groups excluding carboxylic acids is 1. The van der Waals surface area contributed by atoms with Crippen LogP contribution in [0.1, 0.15) is 0 Å². The molecule has 1 amide bonds. The molecule has 0 spiro atoms. The van der Waals surface area contributed by atoms with Crippen molar-refractivity contribution in [1.82, 2.24) is 0 Å². The fourth-order valence-electron chi connectivity index (χ4n) is 2.55. The van der Waals surface area contributed by atoms with Crippen molar-refractivity contribution in [2.24, 2.45) is 0 Å².